The van der Waals surface area contributed by atoms with Crippen LogP contribution in [0.1, 0.15) is 32.4 Å². The summed E-state index contributed by atoms with van der Waals surface area (Å²) < 4.78 is 1.99. The van der Waals surface area contributed by atoms with Crippen molar-refractivity contribution in [2.24, 2.45) is 0 Å². The number of hydrogen-bond acceptors (Lipinski definition) is 3. The Balaban J connectivity index is 2.54. The van der Waals surface area contributed by atoms with Gasteiger partial charge in [-0.15, -0.1) is 0 Å². The van der Waals surface area contributed by atoms with E-state index in [0.717, 1.165) is 31.7 Å². The number of nitrogens with zero attached hydrogens (tertiary/aromatic N) is 3. The Morgan fingerprint density at radius 3 is 2.88 bits per heavy atom. The molecule has 0 unspecified atom stereocenters. The van der Waals surface area contributed by atoms with Gasteiger partial charge >= 0.3 is 5.97 Å². The predicted molar refractivity (Wildman–Crippen MR) is 65.7 cm³/mol. The molecule has 0 aromatic carbocycles. The van der Waals surface area contributed by atoms with E-state index in [-0.39, 0.29) is 6.42 Å². The third-order valence-electron chi connectivity index (χ3n) is 2.71. The molecule has 0 atom stereocenters. The molecule has 1 rings (SSSR count). The molecule has 96 valence electrons. The van der Waals surface area contributed by atoms with E-state index in [1.807, 2.05) is 17.7 Å². The second kappa shape index (κ2) is 7.06. The van der Waals surface area contributed by atoms with Gasteiger partial charge in [0, 0.05) is 25.8 Å². The van der Waals surface area contributed by atoms with Crippen LogP contribution in [0.15, 0.2) is 12.3 Å². The molecule has 1 aromatic rings. The van der Waals surface area contributed by atoms with Crippen LogP contribution in [0.4, 0.5) is 0 Å². The average Bonchev–Trinajstić information content (AvgIpc) is 2.72. The van der Waals surface area contributed by atoms with Crippen molar-refractivity contribution in [3.63, 3.8) is 0 Å². The van der Waals surface area contributed by atoms with Crippen molar-refractivity contribution in [2.45, 2.75) is 39.8 Å². The van der Waals surface area contributed by atoms with E-state index in [1.165, 1.54) is 0 Å². The van der Waals surface area contributed by atoms with E-state index >= 15 is 0 Å². The first kappa shape index (κ1) is 13.7. The zero-order valence-electron chi connectivity index (χ0n) is 10.6. The van der Waals surface area contributed by atoms with E-state index in [2.05, 4.69) is 16.9 Å². The lowest BCUT2D eigenvalue weighted by atomic mass is 10.3. The summed E-state index contributed by atoms with van der Waals surface area (Å²) in [6, 6.07) is 2.00. The SMILES string of the molecule is CCCn1nccc1CN(CC)CCC(=O)O. The van der Waals surface area contributed by atoms with Crippen molar-refractivity contribution in [2.75, 3.05) is 13.1 Å². The van der Waals surface area contributed by atoms with Gasteiger partial charge in [-0.3, -0.25) is 14.4 Å². The van der Waals surface area contributed by atoms with Crippen LogP contribution < -0.4 is 0 Å². The number of rotatable bonds is 8. The van der Waals surface area contributed by atoms with Gasteiger partial charge < -0.3 is 5.11 Å². The summed E-state index contributed by atoms with van der Waals surface area (Å²) >= 11 is 0. The maximum atomic E-state index is 10.5. The molecule has 0 saturated carbocycles. The van der Waals surface area contributed by atoms with E-state index in [4.69, 9.17) is 5.11 Å². The van der Waals surface area contributed by atoms with E-state index in [0.29, 0.717) is 6.54 Å². The fraction of sp³-hybridized carbons (Fsp3) is 0.667. The molecular formula is C12H21N3O2. The van der Waals surface area contributed by atoms with Gasteiger partial charge in [0.2, 0.25) is 0 Å². The van der Waals surface area contributed by atoms with E-state index < -0.39 is 5.97 Å². The van der Waals surface area contributed by atoms with Crippen molar-refractivity contribution in [3.8, 4) is 0 Å². The van der Waals surface area contributed by atoms with Crippen LogP contribution in [0.3, 0.4) is 0 Å². The van der Waals surface area contributed by atoms with Crippen molar-refractivity contribution >= 4 is 5.97 Å². The molecule has 5 heteroatoms. The number of hydrogen-bond donors (Lipinski definition) is 1. The largest absolute Gasteiger partial charge is 0.481 e. The topological polar surface area (TPSA) is 58.4 Å². The number of aliphatic carboxylic acids is 1. The lowest BCUT2D eigenvalue weighted by Crippen LogP contribution is -2.27. The Morgan fingerprint density at radius 2 is 2.29 bits per heavy atom. The van der Waals surface area contributed by atoms with Crippen LogP contribution in [0.5, 0.6) is 0 Å². The van der Waals surface area contributed by atoms with E-state index in [1.54, 1.807) is 6.20 Å². The molecule has 0 radical (unpaired) electrons. The Bertz CT molecular complexity index is 349. The number of carboxylic acid groups (broad SMARTS) is 1. The molecule has 0 saturated heterocycles. The van der Waals surface area contributed by atoms with Crippen molar-refractivity contribution in [1.82, 2.24) is 14.7 Å². The van der Waals surface area contributed by atoms with Crippen LogP contribution in [0.25, 0.3) is 0 Å². The molecular weight excluding hydrogens is 218 g/mol. The summed E-state index contributed by atoms with van der Waals surface area (Å²) in [6.07, 6.45) is 3.04. The van der Waals surface area contributed by atoms with Gasteiger partial charge in [0.05, 0.1) is 12.1 Å². The number of carboxylic acids is 1. The monoisotopic (exact) mass is 239 g/mol. The van der Waals surface area contributed by atoms with Gasteiger partial charge in [-0.25, -0.2) is 0 Å². The number of aromatic nitrogens is 2. The van der Waals surface area contributed by atoms with Crippen LogP contribution in [-0.2, 0) is 17.9 Å². The Kier molecular flexibility index (Phi) is 5.69. The maximum absolute atomic E-state index is 10.5. The van der Waals surface area contributed by atoms with E-state index in [9.17, 15) is 4.79 Å². The lowest BCUT2D eigenvalue weighted by Gasteiger charge is -2.19. The second-order valence-electron chi connectivity index (χ2n) is 4.06. The third kappa shape index (κ3) is 4.56. The van der Waals surface area contributed by atoms with Gasteiger partial charge in [0.1, 0.15) is 0 Å². The zero-order valence-corrected chi connectivity index (χ0v) is 10.6. The van der Waals surface area contributed by atoms with Crippen LogP contribution >= 0.6 is 0 Å². The average molecular weight is 239 g/mol. The van der Waals surface area contributed by atoms with Crippen LogP contribution in [0.2, 0.25) is 0 Å². The molecule has 5 nitrogen and oxygen atoms in total. The number of carbonyl (C=O) groups is 1. The maximum Gasteiger partial charge on any atom is 0.304 e. The van der Waals surface area contributed by atoms with Crippen molar-refractivity contribution in [3.05, 3.63) is 18.0 Å². The summed E-state index contributed by atoms with van der Waals surface area (Å²) in [4.78, 5) is 12.7. The quantitative estimate of drug-likeness (QED) is 0.748. The number of aryl methyl sites for hydroxylation is 1. The summed E-state index contributed by atoms with van der Waals surface area (Å²) in [5, 5.41) is 12.9. The molecule has 17 heavy (non-hydrogen) atoms. The minimum Gasteiger partial charge on any atom is -0.481 e. The molecule has 0 bridgehead atoms. The molecule has 0 aliphatic rings. The molecule has 1 aromatic heterocycles. The highest BCUT2D eigenvalue weighted by Gasteiger charge is 2.09. The molecule has 0 aliphatic carbocycles. The predicted octanol–water partition coefficient (Wildman–Crippen LogP) is 1.59. The highest BCUT2D eigenvalue weighted by Crippen LogP contribution is 2.06. The standard InChI is InChI=1S/C12H21N3O2/c1-3-8-15-11(5-7-13-15)10-14(4-2)9-6-12(16)17/h5,7H,3-4,6,8-10H2,1-2H3,(H,16,17). The Morgan fingerprint density at radius 1 is 1.53 bits per heavy atom. The third-order valence-corrected chi connectivity index (χ3v) is 2.71. The molecule has 1 heterocycles. The normalized spacial score (nSPS) is 11.0. The minimum atomic E-state index is -0.745. The van der Waals surface area contributed by atoms with Gasteiger partial charge in [0.15, 0.2) is 0 Å². The summed E-state index contributed by atoms with van der Waals surface area (Å²) in [6.45, 7) is 7.28. The summed E-state index contributed by atoms with van der Waals surface area (Å²) in [7, 11) is 0. The summed E-state index contributed by atoms with van der Waals surface area (Å²) in [5.41, 5.74) is 1.15. The molecule has 1 N–H and O–H groups in total. The fourth-order valence-electron chi connectivity index (χ4n) is 1.74. The fourth-order valence-corrected chi connectivity index (χ4v) is 1.74. The minimum absolute atomic E-state index is 0.190. The highest BCUT2D eigenvalue weighted by atomic mass is 16.4. The Labute approximate surface area is 102 Å². The Hall–Kier alpha value is -1.36. The van der Waals surface area contributed by atoms with Gasteiger partial charge in [0.25, 0.3) is 0 Å². The van der Waals surface area contributed by atoms with Crippen molar-refractivity contribution < 1.29 is 9.90 Å². The zero-order chi connectivity index (χ0) is 12.7. The van der Waals surface area contributed by atoms with Crippen molar-refractivity contribution in [1.29, 1.82) is 0 Å². The van der Waals surface area contributed by atoms with Gasteiger partial charge in [-0.05, 0) is 19.0 Å². The van der Waals surface area contributed by atoms with Crippen LogP contribution in [0, 0.1) is 0 Å². The van der Waals surface area contributed by atoms with Gasteiger partial charge in [-0.2, -0.15) is 5.10 Å². The molecule has 0 spiro atoms. The molecule has 0 aliphatic heterocycles. The van der Waals surface area contributed by atoms with Crippen LogP contribution in [-0.4, -0.2) is 38.8 Å². The molecule has 0 fully saturated rings. The second-order valence-corrected chi connectivity index (χ2v) is 4.06. The smallest absolute Gasteiger partial charge is 0.304 e. The summed E-state index contributed by atoms with van der Waals surface area (Å²) in [5.74, 6) is -0.745. The first-order valence-corrected chi connectivity index (χ1v) is 6.12. The highest BCUT2D eigenvalue weighted by molar-refractivity contribution is 5.66. The first-order valence-electron chi connectivity index (χ1n) is 6.12. The first-order chi connectivity index (χ1) is 8.17. The molecule has 0 amide bonds. The lowest BCUT2D eigenvalue weighted by molar-refractivity contribution is -0.137. The van der Waals surface area contributed by atoms with Gasteiger partial charge in [-0.1, -0.05) is 13.8 Å².